The summed E-state index contributed by atoms with van der Waals surface area (Å²) in [5.41, 5.74) is 2.44. The number of hydrogen-bond acceptors (Lipinski definition) is 3. The van der Waals surface area contributed by atoms with Crippen molar-refractivity contribution in [1.29, 1.82) is 5.26 Å². The third kappa shape index (κ3) is 6.40. The highest BCUT2D eigenvalue weighted by molar-refractivity contribution is 5.91. The van der Waals surface area contributed by atoms with E-state index in [1.165, 1.54) is 12.5 Å². The average Bonchev–Trinajstić information content (AvgIpc) is 2.65. The molecule has 0 aromatic heterocycles. The molecule has 0 heterocycles. The molecule has 0 atom stereocenters. The van der Waals surface area contributed by atoms with Crippen molar-refractivity contribution < 1.29 is 9.59 Å². The van der Waals surface area contributed by atoms with Gasteiger partial charge in [0.25, 0.3) is 0 Å². The molecule has 26 heavy (non-hydrogen) atoms. The van der Waals surface area contributed by atoms with Crippen molar-refractivity contribution in [3.8, 4) is 6.07 Å². The van der Waals surface area contributed by atoms with Gasteiger partial charge in [0, 0.05) is 32.1 Å². The molecule has 134 valence electrons. The van der Waals surface area contributed by atoms with E-state index in [0.717, 1.165) is 12.8 Å². The number of carbonyl (C=O) groups excluding carboxylic acids is 2. The summed E-state index contributed by atoms with van der Waals surface area (Å²) in [5, 5.41) is 11.6. The molecule has 0 spiro atoms. The maximum absolute atomic E-state index is 12.1. The van der Waals surface area contributed by atoms with Crippen molar-refractivity contribution in [3.63, 3.8) is 0 Å². The van der Waals surface area contributed by atoms with Crippen LogP contribution in [0, 0.1) is 11.3 Å². The van der Waals surface area contributed by atoms with E-state index in [0.29, 0.717) is 24.3 Å². The highest BCUT2D eigenvalue weighted by Gasteiger charge is 2.11. The summed E-state index contributed by atoms with van der Waals surface area (Å²) in [6, 6.07) is 18.9. The number of nitrogens with zero attached hydrogens (tertiary/aromatic N) is 2. The van der Waals surface area contributed by atoms with E-state index in [-0.39, 0.29) is 18.2 Å². The first-order valence-corrected chi connectivity index (χ1v) is 8.68. The molecule has 0 bridgehead atoms. The topological polar surface area (TPSA) is 73.2 Å². The van der Waals surface area contributed by atoms with Crippen LogP contribution in [0.1, 0.15) is 30.9 Å². The van der Waals surface area contributed by atoms with E-state index >= 15 is 0 Å². The Labute approximate surface area is 154 Å². The van der Waals surface area contributed by atoms with Gasteiger partial charge >= 0.3 is 0 Å². The van der Waals surface area contributed by atoms with Gasteiger partial charge in [-0.2, -0.15) is 5.26 Å². The van der Waals surface area contributed by atoms with E-state index in [9.17, 15) is 9.59 Å². The third-order valence-corrected chi connectivity index (χ3v) is 4.09. The molecule has 0 unspecified atom stereocenters. The summed E-state index contributed by atoms with van der Waals surface area (Å²) in [4.78, 5) is 25.6. The zero-order valence-corrected chi connectivity index (χ0v) is 14.9. The Morgan fingerprint density at radius 1 is 1.04 bits per heavy atom. The van der Waals surface area contributed by atoms with E-state index in [2.05, 4.69) is 17.4 Å². The number of benzene rings is 2. The normalized spacial score (nSPS) is 10.0. The second kappa shape index (κ2) is 10.00. The summed E-state index contributed by atoms with van der Waals surface area (Å²) < 4.78 is 0. The maximum atomic E-state index is 12.1. The van der Waals surface area contributed by atoms with Crippen LogP contribution in [0.2, 0.25) is 0 Å². The highest BCUT2D eigenvalue weighted by Crippen LogP contribution is 2.10. The quantitative estimate of drug-likeness (QED) is 0.794. The Hall–Kier alpha value is -3.13. The Morgan fingerprint density at radius 3 is 2.35 bits per heavy atom. The summed E-state index contributed by atoms with van der Waals surface area (Å²) in [7, 11) is 0. The number of nitrogens with one attached hydrogen (secondary N) is 1. The molecule has 1 N–H and O–H groups in total. The van der Waals surface area contributed by atoms with Crippen LogP contribution in [0.15, 0.2) is 54.6 Å². The van der Waals surface area contributed by atoms with Gasteiger partial charge in [0.2, 0.25) is 11.8 Å². The van der Waals surface area contributed by atoms with Gasteiger partial charge in [-0.3, -0.25) is 9.59 Å². The fourth-order valence-electron chi connectivity index (χ4n) is 2.63. The lowest BCUT2D eigenvalue weighted by Gasteiger charge is -2.20. The molecule has 0 aliphatic carbocycles. The van der Waals surface area contributed by atoms with Gasteiger partial charge in [-0.05, 0) is 42.7 Å². The summed E-state index contributed by atoms with van der Waals surface area (Å²) in [6.07, 6.45) is 2.01. The SMILES string of the molecule is CC(=O)N(CCCc1ccccc1)CCC(=O)Nc1ccc(C#N)cc1. The number of aryl methyl sites for hydroxylation is 1. The number of anilines is 1. The van der Waals surface area contributed by atoms with Gasteiger partial charge in [0.15, 0.2) is 0 Å². The Kier molecular flexibility index (Phi) is 7.38. The van der Waals surface area contributed by atoms with Gasteiger partial charge < -0.3 is 10.2 Å². The standard InChI is InChI=1S/C21H23N3O2/c1-17(25)24(14-5-8-18-6-3-2-4-7-18)15-13-21(26)23-20-11-9-19(16-22)10-12-20/h2-4,6-7,9-12H,5,8,13-15H2,1H3,(H,23,26). The molecule has 2 aromatic carbocycles. The molecule has 0 aliphatic heterocycles. The molecule has 2 rings (SSSR count). The molecule has 0 saturated carbocycles. The van der Waals surface area contributed by atoms with E-state index in [4.69, 9.17) is 5.26 Å². The highest BCUT2D eigenvalue weighted by atomic mass is 16.2. The van der Waals surface area contributed by atoms with Crippen molar-refractivity contribution >= 4 is 17.5 Å². The lowest BCUT2D eigenvalue weighted by molar-refractivity contribution is -0.129. The number of carbonyl (C=O) groups is 2. The predicted molar refractivity (Wildman–Crippen MR) is 101 cm³/mol. The third-order valence-electron chi connectivity index (χ3n) is 4.09. The summed E-state index contributed by atoms with van der Waals surface area (Å²) >= 11 is 0. The van der Waals surface area contributed by atoms with E-state index in [1.54, 1.807) is 29.2 Å². The van der Waals surface area contributed by atoms with Crippen LogP contribution in [0.3, 0.4) is 0 Å². The number of rotatable bonds is 8. The summed E-state index contributed by atoms with van der Waals surface area (Å²) in [6.45, 7) is 2.56. The van der Waals surface area contributed by atoms with Crippen molar-refractivity contribution in [2.45, 2.75) is 26.2 Å². The Balaban J connectivity index is 1.76. The molecule has 2 amide bonds. The monoisotopic (exact) mass is 349 g/mol. The Morgan fingerprint density at radius 2 is 1.73 bits per heavy atom. The fraction of sp³-hybridized carbons (Fsp3) is 0.286. The largest absolute Gasteiger partial charge is 0.342 e. The van der Waals surface area contributed by atoms with Crippen molar-refractivity contribution in [2.24, 2.45) is 0 Å². The minimum Gasteiger partial charge on any atom is -0.342 e. The van der Waals surface area contributed by atoms with Crippen LogP contribution in [0.4, 0.5) is 5.69 Å². The van der Waals surface area contributed by atoms with E-state index in [1.807, 2.05) is 24.3 Å². The van der Waals surface area contributed by atoms with Crippen LogP contribution in [-0.4, -0.2) is 29.8 Å². The van der Waals surface area contributed by atoms with Gasteiger partial charge in [-0.15, -0.1) is 0 Å². The first-order chi connectivity index (χ1) is 12.6. The van der Waals surface area contributed by atoms with Crippen molar-refractivity contribution in [3.05, 3.63) is 65.7 Å². The fourth-order valence-corrected chi connectivity index (χ4v) is 2.63. The first kappa shape index (κ1) is 19.2. The van der Waals surface area contributed by atoms with Crippen molar-refractivity contribution in [1.82, 2.24) is 4.90 Å². The molecule has 5 nitrogen and oxygen atoms in total. The minimum absolute atomic E-state index is 0.0239. The van der Waals surface area contributed by atoms with Crippen LogP contribution in [0.25, 0.3) is 0 Å². The first-order valence-electron chi connectivity index (χ1n) is 8.68. The lowest BCUT2D eigenvalue weighted by Crippen LogP contribution is -2.33. The zero-order valence-electron chi connectivity index (χ0n) is 14.9. The van der Waals surface area contributed by atoms with Gasteiger partial charge in [-0.25, -0.2) is 0 Å². The average molecular weight is 349 g/mol. The van der Waals surface area contributed by atoms with Gasteiger partial charge in [0.1, 0.15) is 0 Å². The summed E-state index contributed by atoms with van der Waals surface area (Å²) in [5.74, 6) is -0.173. The maximum Gasteiger partial charge on any atom is 0.226 e. The van der Waals surface area contributed by atoms with Gasteiger partial charge in [-0.1, -0.05) is 30.3 Å². The number of nitriles is 1. The molecular weight excluding hydrogens is 326 g/mol. The smallest absolute Gasteiger partial charge is 0.226 e. The predicted octanol–water partition coefficient (Wildman–Crippen LogP) is 3.37. The molecular formula is C21H23N3O2. The van der Waals surface area contributed by atoms with Gasteiger partial charge in [0.05, 0.1) is 11.6 Å². The molecule has 0 aliphatic rings. The Bertz CT molecular complexity index is 764. The van der Waals surface area contributed by atoms with Crippen molar-refractivity contribution in [2.75, 3.05) is 18.4 Å². The van der Waals surface area contributed by atoms with E-state index < -0.39 is 0 Å². The molecule has 2 aromatic rings. The van der Waals surface area contributed by atoms with Crippen LogP contribution >= 0.6 is 0 Å². The molecule has 0 saturated heterocycles. The molecule has 5 heteroatoms. The second-order valence-corrected chi connectivity index (χ2v) is 6.08. The zero-order chi connectivity index (χ0) is 18.8. The number of amides is 2. The minimum atomic E-state index is -0.149. The molecule has 0 fully saturated rings. The van der Waals surface area contributed by atoms with Crippen LogP contribution in [-0.2, 0) is 16.0 Å². The molecule has 0 radical (unpaired) electrons. The van der Waals surface area contributed by atoms with Crippen LogP contribution in [0.5, 0.6) is 0 Å². The van der Waals surface area contributed by atoms with Crippen LogP contribution < -0.4 is 5.32 Å². The second-order valence-electron chi connectivity index (χ2n) is 6.08. The lowest BCUT2D eigenvalue weighted by atomic mass is 10.1. The number of hydrogen-bond donors (Lipinski definition) is 1.